The minimum Gasteiger partial charge on any atom is -0.458 e. The first-order chi connectivity index (χ1) is 19.1. The van der Waals surface area contributed by atoms with Crippen LogP contribution in [0.3, 0.4) is 0 Å². The van der Waals surface area contributed by atoms with Crippen molar-refractivity contribution < 1.29 is 51.0 Å². The molecule has 40 heavy (non-hydrogen) atoms. The van der Waals surface area contributed by atoms with Gasteiger partial charge in [-0.25, -0.2) is 14.4 Å². The van der Waals surface area contributed by atoms with Crippen LogP contribution in [0.25, 0.3) is 0 Å². The van der Waals surface area contributed by atoms with E-state index in [0.29, 0.717) is 0 Å². The van der Waals surface area contributed by atoms with Gasteiger partial charge >= 0.3 is 17.9 Å². The second-order valence-electron chi connectivity index (χ2n) is 8.77. The number of rotatable bonds is 10. The highest BCUT2D eigenvalue weighted by atomic mass is 32.2. The van der Waals surface area contributed by atoms with E-state index in [-0.39, 0.29) is 16.7 Å². The van der Waals surface area contributed by atoms with Gasteiger partial charge < -0.3 is 24.1 Å². The van der Waals surface area contributed by atoms with E-state index in [0.717, 1.165) is 6.26 Å². The maximum atomic E-state index is 13.0. The molecule has 5 atom stereocenters. The number of hydrogen-bond acceptors (Lipinski definition) is 11. The molecule has 1 aliphatic rings. The lowest BCUT2D eigenvalue weighted by molar-refractivity contribution is -0.149. The van der Waals surface area contributed by atoms with Crippen molar-refractivity contribution in [2.75, 3.05) is 12.9 Å². The molecule has 11 nitrogen and oxygen atoms in total. The fraction of sp³-hybridized carbons (Fsp3) is 0.250. The number of esters is 3. The Labute approximate surface area is 230 Å². The van der Waals surface area contributed by atoms with Crippen molar-refractivity contribution in [1.82, 2.24) is 0 Å². The highest BCUT2D eigenvalue weighted by Gasteiger charge is 2.53. The predicted octanol–water partition coefficient (Wildman–Crippen LogP) is 2.36. The van der Waals surface area contributed by atoms with Gasteiger partial charge in [-0.1, -0.05) is 54.6 Å². The number of carbonyl (C=O) groups excluding carboxylic acids is 3. The number of benzene rings is 3. The quantitative estimate of drug-likeness (QED) is 0.217. The summed E-state index contributed by atoms with van der Waals surface area (Å²) < 4.78 is 51.0. The van der Waals surface area contributed by atoms with Gasteiger partial charge in [-0.15, -0.1) is 0 Å². The molecule has 4 rings (SSSR count). The maximum absolute atomic E-state index is 13.0. The van der Waals surface area contributed by atoms with Crippen LogP contribution in [0.4, 0.5) is 0 Å². The number of aliphatic hydroxyl groups excluding tert-OH is 1. The summed E-state index contributed by atoms with van der Waals surface area (Å²) in [5.41, 5.74) is 0.490. The van der Waals surface area contributed by atoms with E-state index in [1.807, 2.05) is 0 Å². The molecule has 3 aromatic rings. The van der Waals surface area contributed by atoms with Crippen LogP contribution in [0.5, 0.6) is 0 Å². The van der Waals surface area contributed by atoms with Crippen LogP contribution in [-0.2, 0) is 33.2 Å². The van der Waals surface area contributed by atoms with Crippen molar-refractivity contribution in [3.63, 3.8) is 0 Å². The van der Waals surface area contributed by atoms with E-state index in [1.165, 1.54) is 36.4 Å². The Balaban J connectivity index is 1.64. The summed E-state index contributed by atoms with van der Waals surface area (Å²) in [5.74, 6) is -2.47. The molecule has 1 aliphatic heterocycles. The van der Waals surface area contributed by atoms with Gasteiger partial charge in [0.15, 0.2) is 24.6 Å². The van der Waals surface area contributed by atoms with Crippen LogP contribution < -0.4 is 0 Å². The molecule has 0 amide bonds. The second-order valence-corrected chi connectivity index (χ2v) is 10.4. The number of carbonyl (C=O) groups is 3. The fourth-order valence-corrected chi connectivity index (χ4v) is 4.57. The zero-order valence-corrected chi connectivity index (χ0v) is 22.0. The third-order valence-electron chi connectivity index (χ3n) is 5.79. The van der Waals surface area contributed by atoms with Crippen molar-refractivity contribution in [3.05, 3.63) is 108 Å². The molecule has 0 bridgehead atoms. The molecular formula is C28H26O11S. The molecule has 0 saturated carbocycles. The van der Waals surface area contributed by atoms with Gasteiger partial charge in [-0.05, 0) is 36.4 Å². The summed E-state index contributed by atoms with van der Waals surface area (Å²) in [6.45, 7) is -0.589. The van der Waals surface area contributed by atoms with Crippen molar-refractivity contribution in [2.45, 2.75) is 30.7 Å². The Morgan fingerprint density at radius 1 is 0.775 bits per heavy atom. The van der Waals surface area contributed by atoms with Gasteiger partial charge in [0.1, 0.15) is 12.7 Å². The summed E-state index contributed by atoms with van der Waals surface area (Å²) in [5, 5.41) is 10.6. The van der Waals surface area contributed by atoms with Gasteiger partial charge in [-0.2, -0.15) is 8.42 Å². The highest BCUT2D eigenvalue weighted by Crippen LogP contribution is 2.31. The van der Waals surface area contributed by atoms with E-state index in [9.17, 15) is 27.9 Å². The average Bonchev–Trinajstić information content (AvgIpc) is 3.25. The van der Waals surface area contributed by atoms with E-state index in [1.54, 1.807) is 54.6 Å². The van der Waals surface area contributed by atoms with Crippen molar-refractivity contribution in [3.8, 4) is 0 Å². The standard InChI is InChI=1S/C28H26O11S/c1-40(33,34)39-24-23(38-27(31)20-15-9-4-10-16-20)22(37-28(24)32)21(36-26(30)19-13-7-3-8-14-19)17-35-25(29)18-11-5-2-6-12-18/h2-16,21-24,28,32H,17H2,1H3. The molecule has 0 aliphatic carbocycles. The molecular weight excluding hydrogens is 544 g/mol. The number of hydrogen-bond donors (Lipinski definition) is 1. The lowest BCUT2D eigenvalue weighted by Crippen LogP contribution is -2.47. The molecule has 1 heterocycles. The first-order valence-electron chi connectivity index (χ1n) is 12.1. The van der Waals surface area contributed by atoms with Gasteiger partial charge in [0.25, 0.3) is 10.1 Å². The first kappa shape index (κ1) is 28.9. The largest absolute Gasteiger partial charge is 0.458 e. The molecule has 1 saturated heterocycles. The van der Waals surface area contributed by atoms with Crippen molar-refractivity contribution >= 4 is 28.0 Å². The normalized spacial score (nSPS) is 21.2. The lowest BCUT2D eigenvalue weighted by atomic mass is 10.1. The van der Waals surface area contributed by atoms with E-state index >= 15 is 0 Å². The molecule has 3 aromatic carbocycles. The van der Waals surface area contributed by atoms with Crippen LogP contribution in [0.1, 0.15) is 31.1 Å². The molecule has 0 spiro atoms. The lowest BCUT2D eigenvalue weighted by Gasteiger charge is -2.28. The maximum Gasteiger partial charge on any atom is 0.338 e. The van der Waals surface area contributed by atoms with Crippen LogP contribution in [0.2, 0.25) is 0 Å². The first-order valence-corrected chi connectivity index (χ1v) is 13.9. The number of aliphatic hydroxyl groups is 1. The number of ether oxygens (including phenoxy) is 4. The van der Waals surface area contributed by atoms with Crippen molar-refractivity contribution in [2.24, 2.45) is 0 Å². The third kappa shape index (κ3) is 7.51. The zero-order chi connectivity index (χ0) is 28.7. The highest BCUT2D eigenvalue weighted by molar-refractivity contribution is 7.86. The van der Waals surface area contributed by atoms with Gasteiger partial charge in [0.2, 0.25) is 0 Å². The van der Waals surface area contributed by atoms with E-state index in [4.69, 9.17) is 23.1 Å². The predicted molar refractivity (Wildman–Crippen MR) is 139 cm³/mol. The molecule has 5 unspecified atom stereocenters. The molecule has 0 radical (unpaired) electrons. The summed E-state index contributed by atoms with van der Waals surface area (Å²) >= 11 is 0. The van der Waals surface area contributed by atoms with Crippen molar-refractivity contribution in [1.29, 1.82) is 0 Å². The Morgan fingerprint density at radius 3 is 1.75 bits per heavy atom. The van der Waals surface area contributed by atoms with Crippen LogP contribution in [0.15, 0.2) is 91.0 Å². The monoisotopic (exact) mass is 570 g/mol. The molecule has 0 aromatic heterocycles. The summed E-state index contributed by atoms with van der Waals surface area (Å²) in [6.07, 6.45) is -7.42. The van der Waals surface area contributed by atoms with Crippen LogP contribution >= 0.6 is 0 Å². The van der Waals surface area contributed by atoms with Crippen LogP contribution in [0, 0.1) is 0 Å². The summed E-state index contributed by atoms with van der Waals surface area (Å²) in [4.78, 5) is 38.5. The second kappa shape index (κ2) is 12.8. The molecule has 1 fully saturated rings. The Morgan fingerprint density at radius 2 is 1.25 bits per heavy atom. The zero-order valence-electron chi connectivity index (χ0n) is 21.2. The minimum absolute atomic E-state index is 0.120. The molecule has 210 valence electrons. The topological polar surface area (TPSA) is 152 Å². The fourth-order valence-electron chi connectivity index (χ4n) is 3.96. The Bertz CT molecular complexity index is 1410. The SMILES string of the molecule is CS(=O)(=O)OC1C(O)OC(C(COC(=O)c2ccccc2)OC(=O)c2ccccc2)C1OC(=O)c1ccccc1. The van der Waals surface area contributed by atoms with E-state index < -0.39 is 65.3 Å². The van der Waals surface area contributed by atoms with Crippen LogP contribution in [-0.4, -0.2) is 75.0 Å². The molecule has 12 heteroatoms. The third-order valence-corrected chi connectivity index (χ3v) is 6.36. The smallest absolute Gasteiger partial charge is 0.338 e. The van der Waals surface area contributed by atoms with Gasteiger partial charge in [-0.3, -0.25) is 4.18 Å². The van der Waals surface area contributed by atoms with Gasteiger partial charge in [0.05, 0.1) is 22.9 Å². The minimum atomic E-state index is -4.18. The Hall–Kier alpha value is -4.10. The Kier molecular flexibility index (Phi) is 9.27. The summed E-state index contributed by atoms with van der Waals surface area (Å²) in [7, 11) is -4.18. The average molecular weight is 571 g/mol. The van der Waals surface area contributed by atoms with Gasteiger partial charge in [0, 0.05) is 0 Å². The molecule has 1 N–H and O–H groups in total. The summed E-state index contributed by atoms with van der Waals surface area (Å²) in [6, 6.07) is 23.7. The van der Waals surface area contributed by atoms with E-state index in [2.05, 4.69) is 0 Å².